The number of benzene rings is 1. The Kier molecular flexibility index (Phi) is 7.80. The molecule has 1 fully saturated rings. The molecule has 3 heteroatoms. The van der Waals surface area contributed by atoms with E-state index in [0.29, 0.717) is 6.04 Å². The Morgan fingerprint density at radius 1 is 1.32 bits per heavy atom. The number of rotatable bonds is 7. The molecular formula is C22H29FN2. The van der Waals surface area contributed by atoms with Gasteiger partial charge in [-0.25, -0.2) is 4.39 Å². The van der Waals surface area contributed by atoms with E-state index in [2.05, 4.69) is 36.5 Å². The summed E-state index contributed by atoms with van der Waals surface area (Å²) in [5, 5.41) is 0. The zero-order chi connectivity index (χ0) is 18.1. The van der Waals surface area contributed by atoms with Crippen LogP contribution in [-0.4, -0.2) is 30.7 Å². The van der Waals surface area contributed by atoms with Crippen molar-refractivity contribution in [2.45, 2.75) is 39.2 Å². The van der Waals surface area contributed by atoms with Crippen molar-refractivity contribution in [3.8, 4) is 0 Å². The molecule has 0 amide bonds. The van der Waals surface area contributed by atoms with E-state index >= 15 is 0 Å². The van der Waals surface area contributed by atoms with Crippen LogP contribution in [0.4, 0.5) is 4.39 Å². The van der Waals surface area contributed by atoms with Gasteiger partial charge in [0.25, 0.3) is 0 Å². The van der Waals surface area contributed by atoms with Crippen LogP contribution in [0.5, 0.6) is 0 Å². The van der Waals surface area contributed by atoms with Gasteiger partial charge in [-0.2, -0.15) is 0 Å². The lowest BCUT2D eigenvalue weighted by molar-refractivity contribution is 0.147. The molecule has 0 saturated carbocycles. The van der Waals surface area contributed by atoms with E-state index in [9.17, 15) is 4.39 Å². The Morgan fingerprint density at radius 3 is 2.64 bits per heavy atom. The third kappa shape index (κ3) is 6.79. The molecule has 1 unspecified atom stereocenters. The smallest absolute Gasteiger partial charge is 0.123 e. The molecule has 1 aliphatic rings. The minimum absolute atomic E-state index is 0.227. The van der Waals surface area contributed by atoms with Gasteiger partial charge in [0.05, 0.1) is 5.70 Å². The van der Waals surface area contributed by atoms with Gasteiger partial charge in [-0.05, 0) is 81.8 Å². The van der Waals surface area contributed by atoms with Crippen molar-refractivity contribution < 1.29 is 4.39 Å². The second-order valence-electron chi connectivity index (χ2n) is 6.87. The standard InChI is InChI=1S/C22H29FN2/c1-18-14-16-25(17-15-18)19(2)6-4-5-7-22(24-3)13-10-20-8-11-21(23)12-9-20/h4-5,7-13,18-19H,3,6,14-17H2,1-2H3/b5-4-,13-10+,22-7-. The lowest BCUT2D eigenvalue weighted by Gasteiger charge is -2.34. The molecule has 0 spiro atoms. The molecule has 1 aromatic rings. The van der Waals surface area contributed by atoms with E-state index in [1.54, 1.807) is 12.1 Å². The molecular weight excluding hydrogens is 311 g/mol. The van der Waals surface area contributed by atoms with E-state index < -0.39 is 0 Å². The zero-order valence-electron chi connectivity index (χ0n) is 15.4. The Balaban J connectivity index is 1.84. The SMILES string of the molecule is C=NC(=C\C=C/CC(C)N1CCC(C)CC1)/C=C/c1ccc(F)cc1. The fraction of sp³-hybridized carbons (Fsp3) is 0.409. The second kappa shape index (κ2) is 10.1. The van der Waals surface area contributed by atoms with Crippen LogP contribution in [0.25, 0.3) is 6.08 Å². The first-order valence-electron chi connectivity index (χ1n) is 9.09. The maximum Gasteiger partial charge on any atom is 0.123 e. The molecule has 134 valence electrons. The normalized spacial score (nSPS) is 18.9. The molecule has 1 saturated heterocycles. The number of hydrogen-bond donors (Lipinski definition) is 0. The van der Waals surface area contributed by atoms with Crippen molar-refractivity contribution in [1.82, 2.24) is 4.90 Å². The second-order valence-corrected chi connectivity index (χ2v) is 6.87. The van der Waals surface area contributed by atoms with Crippen molar-refractivity contribution in [2.75, 3.05) is 13.1 Å². The number of halogens is 1. The average molecular weight is 340 g/mol. The van der Waals surface area contributed by atoms with Crippen LogP contribution in [0.15, 0.2) is 59.3 Å². The monoisotopic (exact) mass is 340 g/mol. The number of allylic oxidation sites excluding steroid dienone is 3. The topological polar surface area (TPSA) is 15.6 Å². The summed E-state index contributed by atoms with van der Waals surface area (Å²) in [6, 6.07) is 6.96. The molecule has 1 aliphatic heterocycles. The summed E-state index contributed by atoms with van der Waals surface area (Å²) in [5.74, 6) is 0.644. The van der Waals surface area contributed by atoms with Crippen LogP contribution in [0.2, 0.25) is 0 Å². The van der Waals surface area contributed by atoms with E-state index in [4.69, 9.17) is 0 Å². The Bertz CT molecular complexity index is 620. The van der Waals surface area contributed by atoms with Crippen LogP contribution in [-0.2, 0) is 0 Å². The number of piperidine rings is 1. The summed E-state index contributed by atoms with van der Waals surface area (Å²) >= 11 is 0. The molecule has 2 nitrogen and oxygen atoms in total. The van der Waals surface area contributed by atoms with Crippen molar-refractivity contribution in [1.29, 1.82) is 0 Å². The largest absolute Gasteiger partial charge is 0.300 e. The van der Waals surface area contributed by atoms with E-state index in [1.165, 1.54) is 38.1 Å². The third-order valence-electron chi connectivity index (χ3n) is 4.82. The van der Waals surface area contributed by atoms with Crippen molar-refractivity contribution in [2.24, 2.45) is 10.9 Å². The van der Waals surface area contributed by atoms with Crippen LogP contribution in [0.3, 0.4) is 0 Å². The maximum atomic E-state index is 12.9. The Hall–Kier alpha value is -2.00. The first-order valence-corrected chi connectivity index (χ1v) is 9.09. The highest BCUT2D eigenvalue weighted by Crippen LogP contribution is 2.19. The predicted molar refractivity (Wildman–Crippen MR) is 106 cm³/mol. The van der Waals surface area contributed by atoms with Gasteiger partial charge in [0.1, 0.15) is 5.82 Å². The summed E-state index contributed by atoms with van der Waals surface area (Å²) in [4.78, 5) is 6.60. The van der Waals surface area contributed by atoms with Gasteiger partial charge in [0.15, 0.2) is 0 Å². The van der Waals surface area contributed by atoms with Crippen molar-refractivity contribution in [3.05, 3.63) is 65.6 Å². The zero-order valence-corrected chi connectivity index (χ0v) is 15.4. The van der Waals surface area contributed by atoms with Gasteiger partial charge in [-0.1, -0.05) is 37.3 Å². The maximum absolute atomic E-state index is 12.9. The molecule has 0 radical (unpaired) electrons. The predicted octanol–water partition coefficient (Wildman–Crippen LogP) is 5.49. The number of likely N-dealkylation sites (tertiary alicyclic amines) is 1. The molecule has 25 heavy (non-hydrogen) atoms. The van der Waals surface area contributed by atoms with Crippen LogP contribution < -0.4 is 0 Å². The van der Waals surface area contributed by atoms with Gasteiger partial charge >= 0.3 is 0 Å². The molecule has 0 N–H and O–H groups in total. The first kappa shape index (κ1) is 19.3. The molecule has 1 heterocycles. The Morgan fingerprint density at radius 2 is 2.00 bits per heavy atom. The third-order valence-corrected chi connectivity index (χ3v) is 4.82. The molecule has 0 bridgehead atoms. The van der Waals surface area contributed by atoms with Crippen LogP contribution in [0.1, 0.15) is 38.7 Å². The average Bonchev–Trinajstić information content (AvgIpc) is 2.63. The van der Waals surface area contributed by atoms with E-state index in [1.807, 2.05) is 24.3 Å². The van der Waals surface area contributed by atoms with E-state index in [0.717, 1.165) is 23.6 Å². The quantitative estimate of drug-likeness (QED) is 0.473. The molecule has 2 rings (SSSR count). The minimum Gasteiger partial charge on any atom is -0.300 e. The molecule has 1 atom stereocenters. The molecule has 0 aliphatic carbocycles. The van der Waals surface area contributed by atoms with Crippen molar-refractivity contribution >= 4 is 12.8 Å². The van der Waals surface area contributed by atoms with Crippen LogP contribution >= 0.6 is 0 Å². The molecule has 0 aromatic heterocycles. The first-order chi connectivity index (χ1) is 12.1. The van der Waals surface area contributed by atoms with Crippen molar-refractivity contribution in [3.63, 3.8) is 0 Å². The molecule has 1 aromatic carbocycles. The summed E-state index contributed by atoms with van der Waals surface area (Å²) in [7, 11) is 0. The summed E-state index contributed by atoms with van der Waals surface area (Å²) in [6.07, 6.45) is 13.7. The lowest BCUT2D eigenvalue weighted by atomic mass is 9.97. The highest BCUT2D eigenvalue weighted by molar-refractivity contribution is 5.53. The fourth-order valence-corrected chi connectivity index (χ4v) is 2.98. The summed E-state index contributed by atoms with van der Waals surface area (Å²) < 4.78 is 12.9. The highest BCUT2D eigenvalue weighted by atomic mass is 19.1. The highest BCUT2D eigenvalue weighted by Gasteiger charge is 2.19. The van der Waals surface area contributed by atoms with Gasteiger partial charge in [-0.3, -0.25) is 4.99 Å². The fourth-order valence-electron chi connectivity index (χ4n) is 2.98. The van der Waals surface area contributed by atoms with Gasteiger partial charge in [0.2, 0.25) is 0 Å². The minimum atomic E-state index is -0.227. The summed E-state index contributed by atoms with van der Waals surface area (Å²) in [6.45, 7) is 10.7. The number of hydrogen-bond acceptors (Lipinski definition) is 2. The van der Waals surface area contributed by atoms with Gasteiger partial charge < -0.3 is 4.90 Å². The van der Waals surface area contributed by atoms with Crippen LogP contribution in [0, 0.1) is 11.7 Å². The Labute approximate surface area is 151 Å². The summed E-state index contributed by atoms with van der Waals surface area (Å²) in [5.41, 5.74) is 1.73. The lowest BCUT2D eigenvalue weighted by Crippen LogP contribution is -2.39. The van der Waals surface area contributed by atoms with Gasteiger partial charge in [0, 0.05) is 6.04 Å². The van der Waals surface area contributed by atoms with E-state index in [-0.39, 0.29) is 5.82 Å². The van der Waals surface area contributed by atoms with Gasteiger partial charge in [-0.15, -0.1) is 0 Å². The number of nitrogens with zero attached hydrogens (tertiary/aromatic N) is 2. The number of aliphatic imine (C=N–C) groups is 1.